The molecule has 0 bridgehead atoms. The van der Waals surface area contributed by atoms with Gasteiger partial charge in [0.1, 0.15) is 0 Å². The molecule has 4 heteroatoms. The zero-order chi connectivity index (χ0) is 17.3. The number of amides is 1. The van der Waals surface area contributed by atoms with Gasteiger partial charge in [-0.2, -0.15) is 0 Å². The van der Waals surface area contributed by atoms with Crippen molar-refractivity contribution in [3.05, 3.63) is 52.8 Å². The van der Waals surface area contributed by atoms with E-state index < -0.39 is 0 Å². The van der Waals surface area contributed by atoms with Crippen molar-refractivity contribution in [1.82, 2.24) is 15.2 Å². The molecule has 1 aromatic heterocycles. The molecule has 3 rings (SSSR count). The second-order valence-corrected chi connectivity index (χ2v) is 7.10. The standard InChI is InChI=1S/C20H27N3O/c1-13(2)17-6-5-7-18(9-17)23-14(3)8-19(15(23)4)20(24)22-12-16-10-21-11-16/h5-9,13,16,21H,10-12H2,1-4H3,(H,22,24). The molecule has 0 aliphatic carbocycles. The molecule has 0 atom stereocenters. The number of rotatable bonds is 5. The predicted molar refractivity (Wildman–Crippen MR) is 98.0 cm³/mol. The van der Waals surface area contributed by atoms with Crippen LogP contribution in [0.2, 0.25) is 0 Å². The molecule has 0 spiro atoms. The van der Waals surface area contributed by atoms with Crippen LogP contribution in [0.3, 0.4) is 0 Å². The van der Waals surface area contributed by atoms with E-state index in [2.05, 4.69) is 60.2 Å². The molecule has 0 unspecified atom stereocenters. The van der Waals surface area contributed by atoms with E-state index in [9.17, 15) is 4.79 Å². The molecule has 4 nitrogen and oxygen atoms in total. The van der Waals surface area contributed by atoms with Crippen LogP contribution >= 0.6 is 0 Å². The van der Waals surface area contributed by atoms with Crippen LogP contribution in [0.5, 0.6) is 0 Å². The number of benzene rings is 1. The summed E-state index contributed by atoms with van der Waals surface area (Å²) in [6, 6.07) is 10.6. The van der Waals surface area contributed by atoms with Crippen molar-refractivity contribution in [2.75, 3.05) is 19.6 Å². The van der Waals surface area contributed by atoms with Crippen LogP contribution in [0, 0.1) is 19.8 Å². The molecule has 1 amide bonds. The van der Waals surface area contributed by atoms with Crippen molar-refractivity contribution in [2.45, 2.75) is 33.6 Å². The van der Waals surface area contributed by atoms with Gasteiger partial charge in [0.05, 0.1) is 5.56 Å². The van der Waals surface area contributed by atoms with Gasteiger partial charge in [0.15, 0.2) is 0 Å². The van der Waals surface area contributed by atoms with Gasteiger partial charge in [-0.1, -0.05) is 26.0 Å². The highest BCUT2D eigenvalue weighted by molar-refractivity contribution is 5.95. The van der Waals surface area contributed by atoms with Crippen molar-refractivity contribution in [2.24, 2.45) is 5.92 Å². The van der Waals surface area contributed by atoms with E-state index in [-0.39, 0.29) is 5.91 Å². The summed E-state index contributed by atoms with van der Waals surface area (Å²) in [6.07, 6.45) is 0. The Morgan fingerprint density at radius 2 is 2.04 bits per heavy atom. The summed E-state index contributed by atoms with van der Waals surface area (Å²) >= 11 is 0. The molecule has 0 radical (unpaired) electrons. The SMILES string of the molecule is Cc1cc(C(=O)NCC2CNC2)c(C)n1-c1cccc(C(C)C)c1. The summed E-state index contributed by atoms with van der Waals surface area (Å²) in [6.45, 7) is 11.2. The summed E-state index contributed by atoms with van der Waals surface area (Å²) in [5.41, 5.74) is 5.29. The summed E-state index contributed by atoms with van der Waals surface area (Å²) in [7, 11) is 0. The van der Waals surface area contributed by atoms with Crippen LogP contribution in [0.15, 0.2) is 30.3 Å². The molecule has 24 heavy (non-hydrogen) atoms. The number of nitrogens with zero attached hydrogens (tertiary/aromatic N) is 1. The first kappa shape index (κ1) is 16.8. The molecule has 1 aliphatic rings. The lowest BCUT2D eigenvalue weighted by Crippen LogP contribution is -2.48. The highest BCUT2D eigenvalue weighted by atomic mass is 16.1. The molecule has 2 heterocycles. The van der Waals surface area contributed by atoms with Gasteiger partial charge < -0.3 is 15.2 Å². The van der Waals surface area contributed by atoms with Gasteiger partial charge in [-0.3, -0.25) is 4.79 Å². The van der Waals surface area contributed by atoms with E-state index >= 15 is 0 Å². The van der Waals surface area contributed by atoms with E-state index in [0.29, 0.717) is 11.8 Å². The fraction of sp³-hybridized carbons (Fsp3) is 0.450. The lowest BCUT2D eigenvalue weighted by Gasteiger charge is -2.27. The molecule has 1 fully saturated rings. The third kappa shape index (κ3) is 3.24. The third-order valence-corrected chi connectivity index (χ3v) is 4.89. The highest BCUT2D eigenvalue weighted by Gasteiger charge is 2.20. The smallest absolute Gasteiger partial charge is 0.253 e. The molecule has 1 aliphatic heterocycles. The first-order chi connectivity index (χ1) is 11.5. The quantitative estimate of drug-likeness (QED) is 0.887. The van der Waals surface area contributed by atoms with Gasteiger partial charge in [0.2, 0.25) is 0 Å². The maximum Gasteiger partial charge on any atom is 0.253 e. The molecule has 2 aromatic rings. The van der Waals surface area contributed by atoms with Crippen LogP contribution in [-0.4, -0.2) is 30.1 Å². The normalized spacial score (nSPS) is 14.7. The summed E-state index contributed by atoms with van der Waals surface area (Å²) in [5, 5.41) is 6.30. The zero-order valence-electron chi connectivity index (χ0n) is 15.0. The minimum atomic E-state index is 0.0289. The average Bonchev–Trinajstić information content (AvgIpc) is 2.80. The molecular formula is C20H27N3O. The Balaban J connectivity index is 1.85. The van der Waals surface area contributed by atoms with Gasteiger partial charge >= 0.3 is 0 Å². The number of hydrogen-bond acceptors (Lipinski definition) is 2. The fourth-order valence-electron chi connectivity index (χ4n) is 3.24. The second-order valence-electron chi connectivity index (χ2n) is 7.10. The van der Waals surface area contributed by atoms with Crippen LogP contribution < -0.4 is 10.6 Å². The third-order valence-electron chi connectivity index (χ3n) is 4.89. The van der Waals surface area contributed by atoms with E-state index in [1.54, 1.807) is 0 Å². The topological polar surface area (TPSA) is 46.1 Å². The maximum atomic E-state index is 12.5. The van der Waals surface area contributed by atoms with Crippen molar-refractivity contribution in [3.8, 4) is 5.69 Å². The number of aromatic nitrogens is 1. The number of aryl methyl sites for hydroxylation is 1. The van der Waals surface area contributed by atoms with E-state index in [0.717, 1.165) is 42.3 Å². The van der Waals surface area contributed by atoms with Gasteiger partial charge in [-0.25, -0.2) is 0 Å². The number of nitrogens with one attached hydrogen (secondary N) is 2. The van der Waals surface area contributed by atoms with Crippen molar-refractivity contribution >= 4 is 5.91 Å². The Hall–Kier alpha value is -2.07. The van der Waals surface area contributed by atoms with Crippen LogP contribution in [0.1, 0.15) is 47.1 Å². The minimum absolute atomic E-state index is 0.0289. The van der Waals surface area contributed by atoms with Gasteiger partial charge in [-0.05, 0) is 43.5 Å². The number of carbonyl (C=O) groups is 1. The van der Waals surface area contributed by atoms with Crippen molar-refractivity contribution in [3.63, 3.8) is 0 Å². The minimum Gasteiger partial charge on any atom is -0.352 e. The van der Waals surface area contributed by atoms with Crippen LogP contribution in [-0.2, 0) is 0 Å². The second kappa shape index (κ2) is 6.81. The van der Waals surface area contributed by atoms with Crippen LogP contribution in [0.25, 0.3) is 5.69 Å². The van der Waals surface area contributed by atoms with Crippen molar-refractivity contribution < 1.29 is 4.79 Å². The predicted octanol–water partition coefficient (Wildman–Crippen LogP) is 3.17. The molecular weight excluding hydrogens is 298 g/mol. The zero-order valence-corrected chi connectivity index (χ0v) is 15.0. The Labute approximate surface area is 144 Å². The fourth-order valence-corrected chi connectivity index (χ4v) is 3.24. The van der Waals surface area contributed by atoms with Crippen molar-refractivity contribution in [1.29, 1.82) is 0 Å². The lowest BCUT2D eigenvalue weighted by atomic mass is 10.0. The summed E-state index contributed by atoms with van der Waals surface area (Å²) < 4.78 is 2.17. The molecule has 1 saturated heterocycles. The van der Waals surface area contributed by atoms with Gasteiger partial charge in [0.25, 0.3) is 5.91 Å². The first-order valence-corrected chi connectivity index (χ1v) is 8.75. The Kier molecular flexibility index (Phi) is 4.76. The van der Waals surface area contributed by atoms with E-state index in [1.807, 2.05) is 13.0 Å². The lowest BCUT2D eigenvalue weighted by molar-refractivity contribution is 0.0941. The van der Waals surface area contributed by atoms with Gasteiger partial charge in [0, 0.05) is 42.6 Å². The Morgan fingerprint density at radius 3 is 2.67 bits per heavy atom. The molecule has 0 saturated carbocycles. The Bertz CT molecular complexity index is 741. The van der Waals surface area contributed by atoms with E-state index in [4.69, 9.17) is 0 Å². The van der Waals surface area contributed by atoms with Gasteiger partial charge in [-0.15, -0.1) is 0 Å². The number of hydrogen-bond donors (Lipinski definition) is 2. The largest absolute Gasteiger partial charge is 0.352 e. The maximum absolute atomic E-state index is 12.5. The Morgan fingerprint density at radius 1 is 1.29 bits per heavy atom. The summed E-state index contributed by atoms with van der Waals surface area (Å²) in [4.78, 5) is 12.5. The molecule has 1 aromatic carbocycles. The monoisotopic (exact) mass is 325 g/mol. The van der Waals surface area contributed by atoms with Crippen LogP contribution in [0.4, 0.5) is 0 Å². The van der Waals surface area contributed by atoms with E-state index in [1.165, 1.54) is 5.56 Å². The summed E-state index contributed by atoms with van der Waals surface area (Å²) in [5.74, 6) is 1.08. The number of carbonyl (C=O) groups excluding carboxylic acids is 1. The average molecular weight is 325 g/mol. The molecule has 128 valence electrons. The highest BCUT2D eigenvalue weighted by Crippen LogP contribution is 2.24. The first-order valence-electron chi connectivity index (χ1n) is 8.75. The molecule has 2 N–H and O–H groups in total.